The Morgan fingerprint density at radius 3 is 2.05 bits per heavy atom. The molecule has 14 heteroatoms. The largest absolute Gasteiger partial charge is 0.495 e. The van der Waals surface area contributed by atoms with Crippen LogP contribution in [0.4, 0.5) is 22.7 Å². The van der Waals surface area contributed by atoms with Gasteiger partial charge in [-0.3, -0.25) is 4.79 Å². The van der Waals surface area contributed by atoms with E-state index in [-0.39, 0.29) is 35.2 Å². The number of anilines is 2. The normalized spacial score (nSPS) is 13.8. The molecule has 0 atom stereocenters. The summed E-state index contributed by atoms with van der Waals surface area (Å²) in [5, 5.41) is 2.90. The number of ether oxygens (including phenoxy) is 1. The first-order valence-electron chi connectivity index (χ1n) is 20.9. The highest BCUT2D eigenvalue weighted by atomic mass is 32.2. The lowest BCUT2D eigenvalue weighted by Gasteiger charge is -2.30. The fraction of sp³-hybridized carbons (Fsp3) is 0.523. The van der Waals surface area contributed by atoms with E-state index in [1.165, 1.54) is 75.6 Å². The maximum absolute atomic E-state index is 14.4. The zero-order valence-electron chi connectivity index (χ0n) is 35.1. The quantitative estimate of drug-likeness (QED) is 0.0605. The van der Waals surface area contributed by atoms with E-state index in [9.17, 15) is 21.6 Å². The van der Waals surface area contributed by atoms with Gasteiger partial charge in [0.05, 0.1) is 30.4 Å². The number of nitrogens with one attached hydrogen (secondary N) is 2. The number of aliphatic imine (C=N–C) groups is 2. The van der Waals surface area contributed by atoms with Crippen LogP contribution in [0.25, 0.3) is 0 Å². The summed E-state index contributed by atoms with van der Waals surface area (Å²) in [6, 6.07) is 19.1. The van der Waals surface area contributed by atoms with Crippen molar-refractivity contribution >= 4 is 60.3 Å². The molecule has 0 fully saturated rings. The number of para-hydroxylation sites is 3. The zero-order valence-corrected chi connectivity index (χ0v) is 36.8. The number of rotatable bonds is 26. The molecule has 0 aliphatic carbocycles. The number of carbonyl (C=O) groups is 1. The second-order valence-electron chi connectivity index (χ2n) is 14.9. The number of fused-ring (bicyclic) bond motifs is 1. The van der Waals surface area contributed by atoms with Crippen LogP contribution in [-0.4, -0.2) is 78.1 Å². The lowest BCUT2D eigenvalue weighted by Crippen LogP contribution is -2.47. The highest BCUT2D eigenvalue weighted by Crippen LogP contribution is 2.34. The third-order valence-corrected chi connectivity index (χ3v) is 12.9. The molecule has 1 aliphatic rings. The summed E-state index contributed by atoms with van der Waals surface area (Å²) in [7, 11) is -5.92. The maximum atomic E-state index is 14.4. The Kier molecular flexibility index (Phi) is 18.7. The van der Waals surface area contributed by atoms with Gasteiger partial charge < -0.3 is 15.0 Å². The van der Waals surface area contributed by atoms with Gasteiger partial charge in [0.25, 0.3) is 15.9 Å². The molecular formula is C44H64N6O6S2. The fourth-order valence-corrected chi connectivity index (χ4v) is 9.12. The van der Waals surface area contributed by atoms with Gasteiger partial charge in [0.2, 0.25) is 10.0 Å². The van der Waals surface area contributed by atoms with Gasteiger partial charge in [-0.05, 0) is 68.3 Å². The Morgan fingerprint density at radius 1 is 0.845 bits per heavy atom. The first-order chi connectivity index (χ1) is 27.9. The minimum Gasteiger partial charge on any atom is -0.495 e. The van der Waals surface area contributed by atoms with Crippen LogP contribution < -0.4 is 19.7 Å². The number of amides is 1. The summed E-state index contributed by atoms with van der Waals surface area (Å²) in [5.41, 5.74) is 2.51. The first-order valence-corrected chi connectivity index (χ1v) is 24.3. The minimum absolute atomic E-state index is 0.0497. The molecule has 0 spiro atoms. The molecule has 0 saturated carbocycles. The fourth-order valence-electron chi connectivity index (χ4n) is 7.07. The molecule has 318 valence electrons. The van der Waals surface area contributed by atoms with Gasteiger partial charge in [0.15, 0.2) is 11.5 Å². The molecular weight excluding hydrogens is 773 g/mol. The number of sulfonamides is 2. The summed E-state index contributed by atoms with van der Waals surface area (Å²) >= 11 is 0. The second kappa shape index (κ2) is 23.4. The molecule has 0 unspecified atom stereocenters. The predicted octanol–water partition coefficient (Wildman–Crippen LogP) is 9.31. The van der Waals surface area contributed by atoms with Crippen molar-refractivity contribution in [3.8, 4) is 5.75 Å². The molecule has 2 N–H and O–H groups in total. The van der Waals surface area contributed by atoms with Gasteiger partial charge in [0.1, 0.15) is 10.6 Å². The number of unbranched alkanes of at least 4 members (excludes halogenated alkanes) is 13. The van der Waals surface area contributed by atoms with Crippen LogP contribution >= 0.6 is 0 Å². The summed E-state index contributed by atoms with van der Waals surface area (Å²) in [6.07, 6.45) is 17.6. The van der Waals surface area contributed by atoms with Crippen molar-refractivity contribution in [1.29, 1.82) is 0 Å². The van der Waals surface area contributed by atoms with Crippen molar-refractivity contribution in [2.24, 2.45) is 9.98 Å². The smallest absolute Gasteiger partial charge is 0.278 e. The molecule has 0 radical (unpaired) electrons. The highest BCUT2D eigenvalue weighted by Gasteiger charge is 2.38. The van der Waals surface area contributed by atoms with Crippen LogP contribution in [-0.2, 0) is 24.8 Å². The second-order valence-corrected chi connectivity index (χ2v) is 18.6. The minimum atomic E-state index is -4.10. The van der Waals surface area contributed by atoms with Crippen molar-refractivity contribution in [3.63, 3.8) is 0 Å². The van der Waals surface area contributed by atoms with E-state index in [1.807, 2.05) is 30.9 Å². The molecule has 12 nitrogen and oxygen atoms in total. The molecule has 0 saturated heterocycles. The number of carbonyl (C=O) groups excluding carboxylic acids is 1. The number of likely N-dealkylation sites (N-methyl/N-ethyl adjacent to an activating group) is 1. The lowest BCUT2D eigenvalue weighted by molar-refractivity contribution is -0.110. The van der Waals surface area contributed by atoms with Crippen molar-refractivity contribution in [3.05, 3.63) is 72.3 Å². The van der Waals surface area contributed by atoms with Gasteiger partial charge in [-0.15, -0.1) is 0 Å². The molecule has 1 aliphatic heterocycles. The Balaban J connectivity index is 1.59. The Labute approximate surface area is 347 Å². The van der Waals surface area contributed by atoms with Gasteiger partial charge in [-0.25, -0.2) is 35.8 Å². The van der Waals surface area contributed by atoms with Crippen molar-refractivity contribution in [2.75, 3.05) is 49.8 Å². The Hall–Kier alpha value is -4.27. The summed E-state index contributed by atoms with van der Waals surface area (Å²) in [5.74, 6) is -0.260. The van der Waals surface area contributed by atoms with Gasteiger partial charge in [-0.1, -0.05) is 115 Å². The van der Waals surface area contributed by atoms with Gasteiger partial charge in [-0.2, -0.15) is 0 Å². The summed E-state index contributed by atoms with van der Waals surface area (Å²) < 4.78 is 61.3. The number of hydrogen-bond donors (Lipinski definition) is 2. The van der Waals surface area contributed by atoms with Crippen molar-refractivity contribution < 1.29 is 26.4 Å². The third-order valence-electron chi connectivity index (χ3n) is 10.3. The number of aryl methyl sites for hydroxylation is 1. The number of hydrogen-bond acceptors (Lipinski definition) is 9. The number of nitrogens with zero attached hydrogens (tertiary/aromatic N) is 4. The zero-order chi connectivity index (χ0) is 42.0. The topological polar surface area (TPSA) is 150 Å². The molecule has 1 amide bonds. The standard InChI is InChI=1S/C44H64N6O6S2/c1-6-8-9-10-11-12-13-14-15-16-17-18-19-24-32-50-43(47-39-26-21-23-28-41(39)58(50,54)55)42(44(51)48-38-25-20-22-27-40(38)56-4)46-37-30-29-36(34-35(37)3)49(7-2)33-31-45-57(5,52)53/h20-23,25-30,34,45H,6-19,24,31-33H2,1-5H3,(H,48,51). The van der Waals surface area contributed by atoms with E-state index in [0.717, 1.165) is 36.8 Å². The predicted molar refractivity (Wildman–Crippen MR) is 238 cm³/mol. The van der Waals surface area contributed by atoms with Crippen LogP contribution in [0.5, 0.6) is 5.75 Å². The Bertz CT molecular complexity index is 2070. The van der Waals surface area contributed by atoms with E-state index in [1.54, 1.807) is 54.6 Å². The van der Waals surface area contributed by atoms with E-state index in [0.29, 0.717) is 36.6 Å². The molecule has 0 aromatic heterocycles. The van der Waals surface area contributed by atoms with Gasteiger partial charge >= 0.3 is 0 Å². The molecule has 3 aromatic rings. The molecule has 0 bridgehead atoms. The van der Waals surface area contributed by atoms with E-state index in [2.05, 4.69) is 17.0 Å². The van der Waals surface area contributed by atoms with Crippen molar-refractivity contribution in [1.82, 2.24) is 9.03 Å². The van der Waals surface area contributed by atoms with Crippen molar-refractivity contribution in [2.45, 2.75) is 116 Å². The summed E-state index contributed by atoms with van der Waals surface area (Å²) in [6.45, 7) is 7.54. The average molecular weight is 837 g/mol. The summed E-state index contributed by atoms with van der Waals surface area (Å²) in [4.78, 5) is 26.2. The van der Waals surface area contributed by atoms with Crippen LogP contribution in [0.1, 0.15) is 109 Å². The van der Waals surface area contributed by atoms with Gasteiger partial charge in [0, 0.05) is 31.9 Å². The van der Waals surface area contributed by atoms with Crippen LogP contribution in [0, 0.1) is 6.92 Å². The monoisotopic (exact) mass is 836 g/mol. The molecule has 58 heavy (non-hydrogen) atoms. The third kappa shape index (κ3) is 13.9. The van der Waals surface area contributed by atoms with E-state index >= 15 is 0 Å². The Morgan fingerprint density at radius 2 is 1.45 bits per heavy atom. The van der Waals surface area contributed by atoms with Crippen LogP contribution in [0.3, 0.4) is 0 Å². The molecule has 4 rings (SSSR count). The lowest BCUT2D eigenvalue weighted by atomic mass is 10.0. The molecule has 1 heterocycles. The highest BCUT2D eigenvalue weighted by molar-refractivity contribution is 7.90. The number of methoxy groups -OCH3 is 1. The number of benzene rings is 3. The van der Waals surface area contributed by atoms with Crippen LogP contribution in [0.2, 0.25) is 0 Å². The van der Waals surface area contributed by atoms with Crippen LogP contribution in [0.15, 0.2) is 81.6 Å². The SMILES string of the molecule is CCCCCCCCCCCCCCCCN1C(C(=Nc2ccc(N(CC)CCNS(C)(=O)=O)cc2C)C(=O)Nc2ccccc2OC)=Nc2ccccc2S1(=O)=O. The molecule has 3 aromatic carbocycles. The average Bonchev–Trinajstić information content (AvgIpc) is 3.19. The van der Waals surface area contributed by atoms with E-state index in [4.69, 9.17) is 14.7 Å². The number of amidine groups is 1. The maximum Gasteiger partial charge on any atom is 0.278 e. The van der Waals surface area contributed by atoms with E-state index < -0.39 is 26.0 Å². The first kappa shape index (κ1) is 46.4.